The fourth-order valence-corrected chi connectivity index (χ4v) is 10.2. The number of hydrogen-bond donors (Lipinski definition) is 0. The summed E-state index contributed by atoms with van der Waals surface area (Å²) in [6.45, 7) is 6.64. The SMILES string of the molecule is CCCCC/C=C\C/C=C\CCCCCCCCCCCC(=O)OC(COC(=O)CCCCCCCCCCCCC)COC(=O)CCCCCCCCCCCCCCCCCC/C=C\C/C=C\C/C=C\CCCCCCC. The first kappa shape index (κ1) is 76.1. The Labute approximate surface area is 491 Å². The summed E-state index contributed by atoms with van der Waals surface area (Å²) < 4.78 is 16.9. The number of ether oxygens (including phenoxy) is 3. The van der Waals surface area contributed by atoms with Crippen molar-refractivity contribution in [2.24, 2.45) is 0 Å². The molecular weight excluding hydrogens is 973 g/mol. The van der Waals surface area contributed by atoms with Crippen molar-refractivity contribution in [3.05, 3.63) is 60.8 Å². The molecule has 0 saturated heterocycles. The summed E-state index contributed by atoms with van der Waals surface area (Å²) in [6, 6.07) is 0. The van der Waals surface area contributed by atoms with Crippen molar-refractivity contribution in [2.75, 3.05) is 13.2 Å². The van der Waals surface area contributed by atoms with Gasteiger partial charge >= 0.3 is 17.9 Å². The van der Waals surface area contributed by atoms with E-state index in [4.69, 9.17) is 14.2 Å². The molecule has 0 heterocycles. The van der Waals surface area contributed by atoms with Gasteiger partial charge in [0.05, 0.1) is 0 Å². The van der Waals surface area contributed by atoms with Gasteiger partial charge < -0.3 is 14.2 Å². The molecule has 0 aromatic rings. The first-order valence-electron chi connectivity index (χ1n) is 34.8. The second-order valence-corrected chi connectivity index (χ2v) is 23.4. The van der Waals surface area contributed by atoms with Crippen LogP contribution in [0.4, 0.5) is 0 Å². The minimum Gasteiger partial charge on any atom is -0.462 e. The summed E-state index contributed by atoms with van der Waals surface area (Å²) in [5.41, 5.74) is 0. The van der Waals surface area contributed by atoms with Gasteiger partial charge in [0, 0.05) is 19.3 Å². The smallest absolute Gasteiger partial charge is 0.306 e. The highest BCUT2D eigenvalue weighted by Crippen LogP contribution is 2.18. The van der Waals surface area contributed by atoms with Crippen molar-refractivity contribution >= 4 is 17.9 Å². The van der Waals surface area contributed by atoms with E-state index in [9.17, 15) is 14.4 Å². The number of allylic oxidation sites excluding steroid dienone is 10. The van der Waals surface area contributed by atoms with E-state index in [1.165, 1.54) is 250 Å². The molecule has 79 heavy (non-hydrogen) atoms. The largest absolute Gasteiger partial charge is 0.462 e. The lowest BCUT2D eigenvalue weighted by Gasteiger charge is -2.18. The molecule has 0 fully saturated rings. The van der Waals surface area contributed by atoms with Gasteiger partial charge in [-0.3, -0.25) is 14.4 Å². The molecule has 0 bridgehead atoms. The van der Waals surface area contributed by atoms with Crippen LogP contribution in [-0.2, 0) is 28.6 Å². The normalized spacial score (nSPS) is 12.4. The molecule has 0 amide bonds. The van der Waals surface area contributed by atoms with Gasteiger partial charge in [0.15, 0.2) is 6.10 Å². The zero-order valence-corrected chi connectivity index (χ0v) is 52.9. The highest BCUT2D eigenvalue weighted by molar-refractivity contribution is 5.71. The van der Waals surface area contributed by atoms with Crippen LogP contribution in [0.3, 0.4) is 0 Å². The molecule has 0 N–H and O–H groups in total. The average Bonchev–Trinajstić information content (AvgIpc) is 3.45. The minimum atomic E-state index is -0.774. The number of unbranched alkanes of at least 4 members (excludes halogenated alkanes) is 43. The maximum absolute atomic E-state index is 12.9. The van der Waals surface area contributed by atoms with Crippen molar-refractivity contribution < 1.29 is 28.6 Å². The van der Waals surface area contributed by atoms with Gasteiger partial charge in [-0.1, -0.05) is 319 Å². The lowest BCUT2D eigenvalue weighted by molar-refractivity contribution is -0.167. The van der Waals surface area contributed by atoms with E-state index >= 15 is 0 Å². The van der Waals surface area contributed by atoms with E-state index in [0.29, 0.717) is 19.3 Å². The molecular formula is C73H132O6. The van der Waals surface area contributed by atoms with Crippen molar-refractivity contribution in [2.45, 2.75) is 374 Å². The monoisotopic (exact) mass is 1110 g/mol. The highest BCUT2D eigenvalue weighted by Gasteiger charge is 2.19. The minimum absolute atomic E-state index is 0.0712. The van der Waals surface area contributed by atoms with Crippen LogP contribution in [0.2, 0.25) is 0 Å². The summed E-state index contributed by atoms with van der Waals surface area (Å²) >= 11 is 0. The zero-order valence-electron chi connectivity index (χ0n) is 52.9. The van der Waals surface area contributed by atoms with E-state index in [1.54, 1.807) is 0 Å². The van der Waals surface area contributed by atoms with Gasteiger partial charge in [-0.2, -0.15) is 0 Å². The Balaban J connectivity index is 4.15. The molecule has 0 radical (unpaired) electrons. The average molecular weight is 1110 g/mol. The second kappa shape index (κ2) is 67.6. The fourth-order valence-electron chi connectivity index (χ4n) is 10.2. The predicted octanol–water partition coefficient (Wildman–Crippen LogP) is 23.9. The Morgan fingerprint density at radius 3 is 0.734 bits per heavy atom. The van der Waals surface area contributed by atoms with Gasteiger partial charge in [0.2, 0.25) is 0 Å². The summed E-state index contributed by atoms with van der Waals surface area (Å²) in [6.07, 6.45) is 86.8. The molecule has 460 valence electrons. The topological polar surface area (TPSA) is 78.9 Å². The van der Waals surface area contributed by atoms with Crippen LogP contribution in [0.25, 0.3) is 0 Å². The highest BCUT2D eigenvalue weighted by atomic mass is 16.6. The molecule has 0 rings (SSSR count). The summed E-state index contributed by atoms with van der Waals surface area (Å²) in [5, 5.41) is 0. The zero-order chi connectivity index (χ0) is 57.1. The van der Waals surface area contributed by atoms with E-state index in [-0.39, 0.29) is 31.1 Å². The number of carbonyl (C=O) groups is 3. The van der Waals surface area contributed by atoms with E-state index < -0.39 is 6.10 Å². The molecule has 0 aromatic heterocycles. The standard InChI is InChI=1S/C73H132O6/c1-4-7-10-13-16-19-22-24-26-28-30-31-32-33-34-35-36-37-38-39-40-41-43-44-46-48-51-54-57-60-63-66-72(75)78-69-70(68-77-71(74)65-62-59-56-53-50-21-18-15-12-9-6-3)79-73(76)67-64-61-58-55-52-49-47-45-42-29-27-25-23-20-17-14-11-8-5-2/h17,20,22,24-25,27-28,30,32-33,70H,4-16,18-19,21,23,26,29,31,34-69H2,1-3H3/b20-17-,24-22-,27-25-,30-28-,33-32-. The van der Waals surface area contributed by atoms with E-state index in [1.807, 2.05) is 0 Å². The van der Waals surface area contributed by atoms with Crippen molar-refractivity contribution in [1.82, 2.24) is 0 Å². The van der Waals surface area contributed by atoms with Gasteiger partial charge in [-0.05, 0) is 89.9 Å². The van der Waals surface area contributed by atoms with Crippen LogP contribution in [-0.4, -0.2) is 37.2 Å². The third-order valence-electron chi connectivity index (χ3n) is 15.5. The molecule has 0 spiro atoms. The Kier molecular flexibility index (Phi) is 65.1. The summed E-state index contributed by atoms with van der Waals surface area (Å²) in [5.74, 6) is -0.855. The predicted molar refractivity (Wildman–Crippen MR) is 344 cm³/mol. The Morgan fingerprint density at radius 1 is 0.253 bits per heavy atom. The molecule has 0 saturated carbocycles. The lowest BCUT2D eigenvalue weighted by atomic mass is 10.0. The Bertz CT molecular complexity index is 1410. The molecule has 1 unspecified atom stereocenters. The lowest BCUT2D eigenvalue weighted by Crippen LogP contribution is -2.30. The molecule has 0 aromatic carbocycles. The Morgan fingerprint density at radius 2 is 0.456 bits per heavy atom. The number of carbonyl (C=O) groups excluding carboxylic acids is 3. The molecule has 0 aliphatic rings. The van der Waals surface area contributed by atoms with Gasteiger partial charge in [-0.25, -0.2) is 0 Å². The van der Waals surface area contributed by atoms with E-state index in [0.717, 1.165) is 77.0 Å². The quantitative estimate of drug-likeness (QED) is 0.0261. The maximum atomic E-state index is 12.9. The number of hydrogen-bond acceptors (Lipinski definition) is 6. The first-order valence-corrected chi connectivity index (χ1v) is 34.8. The van der Waals surface area contributed by atoms with Crippen molar-refractivity contribution in [3.8, 4) is 0 Å². The molecule has 6 heteroatoms. The maximum Gasteiger partial charge on any atom is 0.306 e. The van der Waals surface area contributed by atoms with Crippen LogP contribution in [0, 0.1) is 0 Å². The Hall–Kier alpha value is -2.89. The molecule has 0 aliphatic carbocycles. The van der Waals surface area contributed by atoms with Gasteiger partial charge in [0.25, 0.3) is 0 Å². The van der Waals surface area contributed by atoms with E-state index in [2.05, 4.69) is 81.5 Å². The third-order valence-corrected chi connectivity index (χ3v) is 15.5. The van der Waals surface area contributed by atoms with Crippen molar-refractivity contribution in [1.29, 1.82) is 0 Å². The summed E-state index contributed by atoms with van der Waals surface area (Å²) in [7, 11) is 0. The van der Waals surface area contributed by atoms with Gasteiger partial charge in [-0.15, -0.1) is 0 Å². The third kappa shape index (κ3) is 65.8. The van der Waals surface area contributed by atoms with Crippen LogP contribution in [0.15, 0.2) is 60.8 Å². The number of esters is 3. The first-order chi connectivity index (χ1) is 39.0. The van der Waals surface area contributed by atoms with Crippen LogP contribution in [0.1, 0.15) is 367 Å². The van der Waals surface area contributed by atoms with Crippen LogP contribution < -0.4 is 0 Å². The molecule has 0 aliphatic heterocycles. The second-order valence-electron chi connectivity index (χ2n) is 23.4. The van der Waals surface area contributed by atoms with Crippen molar-refractivity contribution in [3.63, 3.8) is 0 Å². The van der Waals surface area contributed by atoms with Gasteiger partial charge in [0.1, 0.15) is 13.2 Å². The van der Waals surface area contributed by atoms with Crippen LogP contribution in [0.5, 0.6) is 0 Å². The number of rotatable bonds is 64. The molecule has 1 atom stereocenters. The molecule has 6 nitrogen and oxygen atoms in total. The fraction of sp³-hybridized carbons (Fsp3) is 0.822. The van der Waals surface area contributed by atoms with Crippen LogP contribution >= 0.6 is 0 Å². The summed E-state index contributed by atoms with van der Waals surface area (Å²) in [4.78, 5) is 38.3.